The van der Waals surface area contributed by atoms with Crippen molar-refractivity contribution in [3.63, 3.8) is 0 Å². The van der Waals surface area contributed by atoms with Gasteiger partial charge in [-0.05, 0) is 23.8 Å². The lowest BCUT2D eigenvalue weighted by Crippen LogP contribution is -3.00. The molecule has 0 aliphatic carbocycles. The van der Waals surface area contributed by atoms with Gasteiger partial charge in [0.25, 0.3) is 0 Å². The van der Waals surface area contributed by atoms with Gasteiger partial charge in [-0.3, -0.25) is 0 Å². The maximum absolute atomic E-state index is 2.41. The van der Waals surface area contributed by atoms with Crippen molar-refractivity contribution in [1.82, 2.24) is 0 Å². The second-order valence-electron chi connectivity index (χ2n) is 7.14. The molecule has 3 aromatic rings. The lowest BCUT2D eigenvalue weighted by molar-refractivity contribution is -0.721. The number of hydrogen-bond donors (Lipinski definition) is 0. The molecule has 1 aromatic heterocycles. The van der Waals surface area contributed by atoms with Gasteiger partial charge in [0.2, 0.25) is 0 Å². The van der Waals surface area contributed by atoms with E-state index in [0.717, 1.165) is 0 Å². The number of benzene rings is 2. The maximum Gasteiger partial charge on any atom is 0.181 e. The van der Waals surface area contributed by atoms with Crippen molar-refractivity contribution in [3.8, 4) is 0 Å². The average Bonchev–Trinajstić information content (AvgIpc) is 2.98. The van der Waals surface area contributed by atoms with Gasteiger partial charge in [-0.1, -0.05) is 54.2 Å². The van der Waals surface area contributed by atoms with E-state index in [0.29, 0.717) is 6.04 Å². The van der Waals surface area contributed by atoms with Crippen molar-refractivity contribution in [2.24, 2.45) is 0 Å². The van der Waals surface area contributed by atoms with Gasteiger partial charge in [0.1, 0.15) is 0 Å². The Morgan fingerprint density at radius 3 is 2.18 bits per heavy atom. The predicted octanol–water partition coefficient (Wildman–Crippen LogP) is 2.74. The first kappa shape index (κ1) is 20.9. The first-order valence-electron chi connectivity index (χ1n) is 9.34. The smallest absolute Gasteiger partial charge is 0.181 e. The molecule has 2 aromatic carbocycles. The molecular formula is C24H25IN2S. The molecular weight excluding hydrogens is 475 g/mol. The van der Waals surface area contributed by atoms with Crippen LogP contribution in [-0.2, 0) is 0 Å². The van der Waals surface area contributed by atoms with Gasteiger partial charge in [0.05, 0.1) is 10.7 Å². The van der Waals surface area contributed by atoms with Gasteiger partial charge in [-0.2, -0.15) is 4.57 Å². The number of fused-ring (bicyclic) bond motifs is 1. The van der Waals surface area contributed by atoms with Crippen molar-refractivity contribution in [1.29, 1.82) is 0 Å². The van der Waals surface area contributed by atoms with E-state index in [9.17, 15) is 0 Å². The van der Waals surface area contributed by atoms with Crippen LogP contribution in [0.5, 0.6) is 0 Å². The van der Waals surface area contributed by atoms with Crippen LogP contribution in [0.3, 0.4) is 0 Å². The molecule has 1 atom stereocenters. The van der Waals surface area contributed by atoms with E-state index in [-0.39, 0.29) is 24.0 Å². The summed E-state index contributed by atoms with van der Waals surface area (Å²) >= 11 is 1.84. The number of hydrogen-bond acceptors (Lipinski definition) is 2. The van der Waals surface area contributed by atoms with E-state index in [2.05, 4.69) is 110 Å². The third-order valence-electron chi connectivity index (χ3n) is 5.24. The third kappa shape index (κ3) is 3.98. The summed E-state index contributed by atoms with van der Waals surface area (Å²) < 4.78 is 2.41. The molecule has 1 aliphatic rings. The first-order chi connectivity index (χ1) is 13.0. The van der Waals surface area contributed by atoms with Crippen LogP contribution in [0.4, 0.5) is 5.69 Å². The van der Waals surface area contributed by atoms with E-state index < -0.39 is 0 Å². The molecule has 0 N–H and O–H groups in total. The number of pyridine rings is 1. The number of nitrogens with zero attached hydrogens (tertiary/aromatic N) is 2. The van der Waals surface area contributed by atoms with Gasteiger partial charge in [0, 0.05) is 50.4 Å². The molecule has 28 heavy (non-hydrogen) atoms. The zero-order valence-corrected chi connectivity index (χ0v) is 19.7. The molecule has 4 rings (SSSR count). The Balaban J connectivity index is 0.00000225. The van der Waals surface area contributed by atoms with Crippen LogP contribution in [-0.4, -0.2) is 7.05 Å². The quantitative estimate of drug-likeness (QED) is 0.404. The number of para-hydroxylation sites is 1. The zero-order chi connectivity index (χ0) is 19.0. The summed E-state index contributed by atoms with van der Waals surface area (Å²) in [6.45, 7) is 6.67. The van der Waals surface area contributed by atoms with E-state index in [1.54, 1.807) is 0 Å². The number of aryl methyl sites for hydroxylation is 2. The number of halogens is 1. The van der Waals surface area contributed by atoms with Crippen LogP contribution >= 0.6 is 11.8 Å². The highest BCUT2D eigenvalue weighted by atomic mass is 127. The summed E-state index contributed by atoms with van der Waals surface area (Å²) in [5.41, 5.74) is 6.43. The highest BCUT2D eigenvalue weighted by molar-refractivity contribution is 8.03. The second-order valence-corrected chi connectivity index (χ2v) is 8.20. The van der Waals surface area contributed by atoms with Crippen molar-refractivity contribution < 1.29 is 28.5 Å². The number of rotatable bonds is 3. The number of aromatic nitrogens is 1. The minimum atomic E-state index is 0. The largest absolute Gasteiger partial charge is 1.00 e. The molecule has 0 amide bonds. The Kier molecular flexibility index (Phi) is 6.50. The molecule has 1 aliphatic heterocycles. The van der Waals surface area contributed by atoms with Crippen LogP contribution in [0, 0.1) is 13.8 Å². The van der Waals surface area contributed by atoms with Crippen LogP contribution in [0.25, 0.3) is 6.08 Å². The fraction of sp³-hybridized carbons (Fsp3) is 0.208. The normalized spacial score (nSPS) is 15.3. The average molecular weight is 500 g/mol. The Morgan fingerprint density at radius 2 is 1.54 bits per heavy atom. The molecule has 2 heterocycles. The molecule has 1 unspecified atom stereocenters. The maximum atomic E-state index is 2.41. The van der Waals surface area contributed by atoms with Crippen molar-refractivity contribution >= 4 is 23.5 Å². The van der Waals surface area contributed by atoms with E-state index in [1.807, 2.05) is 11.8 Å². The molecule has 0 fully saturated rings. The van der Waals surface area contributed by atoms with Crippen LogP contribution in [0.15, 0.2) is 76.7 Å². The summed E-state index contributed by atoms with van der Waals surface area (Å²) in [5, 5.41) is 1.27. The lowest BCUT2D eigenvalue weighted by Gasteiger charge is -2.15. The Labute approximate surface area is 189 Å². The van der Waals surface area contributed by atoms with Gasteiger partial charge in [-0.15, -0.1) is 0 Å². The summed E-state index contributed by atoms with van der Waals surface area (Å²) in [6, 6.07) is 24.2. The lowest BCUT2D eigenvalue weighted by atomic mass is 10.1. The SMILES string of the molecule is Cc1cc(/C=C2\Sc3ccccc3N2C)cc(C)[n+]1C(C)c1ccccc1.[I-]. The highest BCUT2D eigenvalue weighted by Crippen LogP contribution is 2.45. The zero-order valence-electron chi connectivity index (χ0n) is 16.7. The predicted molar refractivity (Wildman–Crippen MR) is 115 cm³/mol. The minimum absolute atomic E-state index is 0. The van der Waals surface area contributed by atoms with Crippen molar-refractivity contribution in [3.05, 3.63) is 94.3 Å². The summed E-state index contributed by atoms with van der Waals surface area (Å²) in [4.78, 5) is 3.60. The van der Waals surface area contributed by atoms with Crippen LogP contribution in [0.1, 0.15) is 35.5 Å². The van der Waals surface area contributed by atoms with Gasteiger partial charge < -0.3 is 28.9 Å². The fourth-order valence-corrected chi connectivity index (χ4v) is 5.02. The molecule has 0 radical (unpaired) electrons. The van der Waals surface area contributed by atoms with Gasteiger partial charge >= 0.3 is 0 Å². The first-order valence-corrected chi connectivity index (χ1v) is 10.2. The van der Waals surface area contributed by atoms with Crippen LogP contribution in [0.2, 0.25) is 0 Å². The van der Waals surface area contributed by atoms with Gasteiger partial charge in [0.15, 0.2) is 17.4 Å². The summed E-state index contributed by atoms with van der Waals surface area (Å²) in [6.07, 6.45) is 2.29. The molecule has 2 nitrogen and oxygen atoms in total. The topological polar surface area (TPSA) is 7.12 Å². The summed E-state index contributed by atoms with van der Waals surface area (Å²) in [7, 11) is 2.14. The fourth-order valence-electron chi connectivity index (χ4n) is 3.91. The Morgan fingerprint density at radius 1 is 0.929 bits per heavy atom. The molecule has 0 bridgehead atoms. The molecule has 4 heteroatoms. The van der Waals surface area contributed by atoms with Gasteiger partial charge in [-0.25, -0.2) is 0 Å². The monoisotopic (exact) mass is 500 g/mol. The summed E-state index contributed by atoms with van der Waals surface area (Å²) in [5.74, 6) is 0. The highest BCUT2D eigenvalue weighted by Gasteiger charge is 2.23. The Hall–Kier alpha value is -1.79. The number of thioether (sulfide) groups is 1. The second kappa shape index (κ2) is 8.70. The van der Waals surface area contributed by atoms with Crippen LogP contribution < -0.4 is 33.4 Å². The Bertz CT molecular complexity index is 991. The van der Waals surface area contributed by atoms with E-state index in [1.165, 1.54) is 38.1 Å². The van der Waals surface area contributed by atoms with E-state index in [4.69, 9.17) is 0 Å². The number of anilines is 1. The molecule has 0 saturated carbocycles. The van der Waals surface area contributed by atoms with Crippen molar-refractivity contribution in [2.75, 3.05) is 11.9 Å². The minimum Gasteiger partial charge on any atom is -1.00 e. The van der Waals surface area contributed by atoms with Crippen molar-refractivity contribution in [2.45, 2.75) is 31.7 Å². The molecule has 0 spiro atoms. The third-order valence-corrected chi connectivity index (χ3v) is 6.41. The van der Waals surface area contributed by atoms with E-state index >= 15 is 0 Å². The molecule has 144 valence electrons. The molecule has 0 saturated heterocycles. The standard InChI is InChI=1S/C24H25N2S.HI/c1-17-14-20(16-24-25(4)22-12-8-9-13-23(22)27-24)15-18(2)26(17)19(3)21-10-6-5-7-11-21;/h5-16,19H,1-4H3;1H/q+1;/p-1.